The number of nitrogens with zero attached hydrogens (tertiary/aromatic N) is 6. The first kappa shape index (κ1) is 26.9. The molecule has 3 heterocycles. The van der Waals surface area contributed by atoms with Gasteiger partial charge in [0, 0.05) is 74.2 Å². The highest BCUT2D eigenvalue weighted by Gasteiger charge is 2.22. The van der Waals surface area contributed by atoms with Crippen LogP contribution in [0.4, 0.5) is 23.1 Å². The number of aryl methyl sites for hydroxylation is 1. The molecule has 1 saturated heterocycles. The molecule has 0 bridgehead atoms. The number of hydrogen-bond acceptors (Lipinski definition) is 8. The quantitative estimate of drug-likeness (QED) is 0.261. The zero-order valence-corrected chi connectivity index (χ0v) is 23.7. The molecule has 2 fully saturated rings. The summed E-state index contributed by atoms with van der Waals surface area (Å²) < 4.78 is 1.87. The second-order valence-electron chi connectivity index (χ2n) is 10.8. The Labute approximate surface area is 240 Å². The summed E-state index contributed by atoms with van der Waals surface area (Å²) >= 11 is 0. The topological polar surface area (TPSA) is 103 Å². The Hall–Kier alpha value is -4.28. The van der Waals surface area contributed by atoms with Crippen LogP contribution in [-0.4, -0.2) is 74.0 Å². The van der Waals surface area contributed by atoms with Gasteiger partial charge in [-0.15, -0.1) is 0 Å². The van der Waals surface area contributed by atoms with Gasteiger partial charge >= 0.3 is 0 Å². The maximum atomic E-state index is 13.2. The summed E-state index contributed by atoms with van der Waals surface area (Å²) in [6.07, 6.45) is 7.47. The van der Waals surface area contributed by atoms with Gasteiger partial charge in [-0.2, -0.15) is 0 Å². The maximum Gasteiger partial charge on any atom is 0.255 e. The van der Waals surface area contributed by atoms with Gasteiger partial charge in [0.05, 0.1) is 0 Å². The summed E-state index contributed by atoms with van der Waals surface area (Å²) in [7, 11) is 0. The van der Waals surface area contributed by atoms with E-state index >= 15 is 0 Å². The van der Waals surface area contributed by atoms with E-state index in [-0.39, 0.29) is 5.91 Å². The lowest BCUT2D eigenvalue weighted by Crippen LogP contribution is -2.45. The van der Waals surface area contributed by atoms with E-state index in [0.29, 0.717) is 23.4 Å². The van der Waals surface area contributed by atoms with Crippen molar-refractivity contribution < 1.29 is 4.79 Å². The van der Waals surface area contributed by atoms with Crippen molar-refractivity contribution in [2.45, 2.75) is 39.3 Å². The first-order chi connectivity index (χ1) is 20.0. The van der Waals surface area contributed by atoms with Crippen LogP contribution in [0.1, 0.15) is 41.3 Å². The molecule has 1 saturated carbocycles. The SMILES string of the molecule is CCN1CCN(Cc2ccc(NC(=O)c3ccc(C)c(Nc4nccn4-c4cc(NC5CC5)ncn4)c3)cc2)CC1. The van der Waals surface area contributed by atoms with Crippen molar-refractivity contribution in [2.75, 3.05) is 48.7 Å². The highest BCUT2D eigenvalue weighted by Crippen LogP contribution is 2.26. The standard InChI is InChI=1S/C31H37N9O/c1-3-38-14-16-39(17-15-38)20-23-5-8-26(9-6-23)36-30(41)24-7-4-22(2)27(18-24)37-31-32-12-13-40(31)29-19-28(33-21-34-29)35-25-10-11-25/h4-9,12-13,18-19,21,25H,3,10-11,14-17,20H2,1-2H3,(H,32,37)(H,36,41)(H,33,34,35). The molecule has 1 amide bonds. The molecule has 0 atom stereocenters. The van der Waals surface area contributed by atoms with Gasteiger partial charge in [-0.1, -0.05) is 25.1 Å². The number of rotatable bonds is 10. The molecule has 41 heavy (non-hydrogen) atoms. The van der Waals surface area contributed by atoms with Crippen molar-refractivity contribution in [1.82, 2.24) is 29.3 Å². The van der Waals surface area contributed by atoms with Crippen LogP contribution in [0.3, 0.4) is 0 Å². The van der Waals surface area contributed by atoms with Gasteiger partial charge in [0.25, 0.3) is 5.91 Å². The summed E-state index contributed by atoms with van der Waals surface area (Å²) in [5.41, 5.74) is 4.39. The Balaban J connectivity index is 1.10. The number of imidazole rings is 1. The average molecular weight is 552 g/mol. The van der Waals surface area contributed by atoms with Crippen molar-refractivity contribution in [3.8, 4) is 5.82 Å². The predicted octanol–water partition coefficient (Wildman–Crippen LogP) is 4.68. The van der Waals surface area contributed by atoms with Crippen LogP contribution in [0, 0.1) is 6.92 Å². The number of aromatic nitrogens is 4. The highest BCUT2D eigenvalue weighted by atomic mass is 16.1. The molecular weight excluding hydrogens is 514 g/mol. The van der Waals surface area contributed by atoms with Crippen LogP contribution >= 0.6 is 0 Å². The summed E-state index contributed by atoms with van der Waals surface area (Å²) in [5.74, 6) is 1.95. The largest absolute Gasteiger partial charge is 0.367 e. The fourth-order valence-corrected chi connectivity index (χ4v) is 5.01. The fourth-order valence-electron chi connectivity index (χ4n) is 5.01. The van der Waals surface area contributed by atoms with E-state index < -0.39 is 0 Å². The van der Waals surface area contributed by atoms with Gasteiger partial charge in [-0.3, -0.25) is 14.3 Å². The third-order valence-electron chi connectivity index (χ3n) is 7.75. The third-order valence-corrected chi connectivity index (χ3v) is 7.75. The van der Waals surface area contributed by atoms with Crippen molar-refractivity contribution in [2.24, 2.45) is 0 Å². The molecule has 0 unspecified atom stereocenters. The Morgan fingerprint density at radius 1 is 0.951 bits per heavy atom. The van der Waals surface area contributed by atoms with E-state index in [0.717, 1.165) is 62.0 Å². The van der Waals surface area contributed by atoms with Crippen LogP contribution in [0.2, 0.25) is 0 Å². The number of nitrogens with one attached hydrogen (secondary N) is 3. The second-order valence-corrected chi connectivity index (χ2v) is 10.8. The lowest BCUT2D eigenvalue weighted by Gasteiger charge is -2.34. The van der Waals surface area contributed by atoms with Crippen molar-refractivity contribution >= 4 is 29.0 Å². The number of carbonyl (C=O) groups excluding carboxylic acids is 1. The van der Waals surface area contributed by atoms with Crippen LogP contribution < -0.4 is 16.0 Å². The molecule has 1 aliphatic heterocycles. The number of piperazine rings is 1. The number of likely N-dealkylation sites (N-methyl/N-ethyl adjacent to an activating group) is 1. The fraction of sp³-hybridized carbons (Fsp3) is 0.355. The highest BCUT2D eigenvalue weighted by molar-refractivity contribution is 6.05. The minimum absolute atomic E-state index is 0.161. The first-order valence-electron chi connectivity index (χ1n) is 14.4. The summed E-state index contributed by atoms with van der Waals surface area (Å²) in [5, 5.41) is 9.83. The van der Waals surface area contributed by atoms with Gasteiger partial charge in [0.15, 0.2) is 0 Å². The lowest BCUT2D eigenvalue weighted by atomic mass is 10.1. The zero-order valence-electron chi connectivity index (χ0n) is 23.7. The lowest BCUT2D eigenvalue weighted by molar-refractivity contribution is 0.102. The minimum Gasteiger partial charge on any atom is -0.367 e. The van der Waals surface area contributed by atoms with Gasteiger partial charge in [0.2, 0.25) is 5.95 Å². The van der Waals surface area contributed by atoms with Crippen molar-refractivity contribution in [1.29, 1.82) is 0 Å². The summed E-state index contributed by atoms with van der Waals surface area (Å²) in [6.45, 7) is 10.7. The van der Waals surface area contributed by atoms with E-state index in [1.807, 2.05) is 54.1 Å². The van der Waals surface area contributed by atoms with E-state index in [1.54, 1.807) is 12.5 Å². The normalized spacial score (nSPS) is 16.0. The number of carbonyl (C=O) groups is 1. The Bertz CT molecular complexity index is 1490. The number of anilines is 4. The predicted molar refractivity (Wildman–Crippen MR) is 162 cm³/mol. The maximum absolute atomic E-state index is 13.2. The van der Waals surface area contributed by atoms with E-state index in [2.05, 4.69) is 59.8 Å². The van der Waals surface area contributed by atoms with Gasteiger partial charge in [-0.25, -0.2) is 15.0 Å². The van der Waals surface area contributed by atoms with Gasteiger partial charge in [0.1, 0.15) is 18.0 Å². The first-order valence-corrected chi connectivity index (χ1v) is 14.4. The molecule has 3 N–H and O–H groups in total. The number of hydrogen-bond donors (Lipinski definition) is 3. The minimum atomic E-state index is -0.161. The molecule has 0 radical (unpaired) electrons. The van der Waals surface area contributed by atoms with Crippen LogP contribution in [0.15, 0.2) is 67.3 Å². The summed E-state index contributed by atoms with van der Waals surface area (Å²) in [4.78, 5) is 31.4. The molecule has 212 valence electrons. The molecular formula is C31H37N9O. The molecule has 0 spiro atoms. The smallest absolute Gasteiger partial charge is 0.255 e. The monoisotopic (exact) mass is 551 g/mol. The van der Waals surface area contributed by atoms with Crippen LogP contribution in [0.5, 0.6) is 0 Å². The Kier molecular flexibility index (Phi) is 7.93. The molecule has 2 aliphatic rings. The Morgan fingerprint density at radius 3 is 2.49 bits per heavy atom. The molecule has 1 aliphatic carbocycles. The zero-order chi connectivity index (χ0) is 28.2. The average Bonchev–Trinajstić information content (AvgIpc) is 3.69. The molecule has 2 aromatic heterocycles. The molecule has 10 nitrogen and oxygen atoms in total. The third kappa shape index (κ3) is 6.72. The van der Waals surface area contributed by atoms with E-state index in [4.69, 9.17) is 0 Å². The van der Waals surface area contributed by atoms with E-state index in [9.17, 15) is 4.79 Å². The van der Waals surface area contributed by atoms with E-state index in [1.165, 1.54) is 18.4 Å². The summed E-state index contributed by atoms with van der Waals surface area (Å²) in [6, 6.07) is 16.2. The molecule has 2 aromatic carbocycles. The number of benzene rings is 2. The molecule has 6 rings (SSSR count). The van der Waals surface area contributed by atoms with Crippen LogP contribution in [-0.2, 0) is 6.54 Å². The van der Waals surface area contributed by atoms with Crippen LogP contribution in [0.25, 0.3) is 5.82 Å². The van der Waals surface area contributed by atoms with Gasteiger partial charge < -0.3 is 20.9 Å². The van der Waals surface area contributed by atoms with Gasteiger partial charge in [-0.05, 0) is 61.7 Å². The number of amides is 1. The van der Waals surface area contributed by atoms with Crippen molar-refractivity contribution in [3.05, 3.63) is 83.9 Å². The Morgan fingerprint density at radius 2 is 1.73 bits per heavy atom. The van der Waals surface area contributed by atoms with Crippen molar-refractivity contribution in [3.63, 3.8) is 0 Å². The molecule has 4 aromatic rings. The second kappa shape index (κ2) is 12.1. The molecule has 10 heteroatoms.